The van der Waals surface area contributed by atoms with E-state index in [0.717, 1.165) is 18.7 Å². The second kappa shape index (κ2) is 10.4. The molecule has 7 heteroatoms. The lowest BCUT2D eigenvalue weighted by molar-refractivity contribution is -0.130. The topological polar surface area (TPSA) is 71.2 Å². The molecule has 23 heavy (non-hydrogen) atoms. The predicted molar refractivity (Wildman–Crippen MR) is 102 cm³/mol. The van der Waals surface area contributed by atoms with Gasteiger partial charge in [-0.05, 0) is 12.5 Å². The SMILES string of the molecule is CCN(Cc1ccccc1)C(=O)CN=C(N)N1CCOCC1.I. The van der Waals surface area contributed by atoms with Crippen molar-refractivity contribution in [2.24, 2.45) is 10.7 Å². The number of rotatable bonds is 5. The van der Waals surface area contributed by atoms with Gasteiger partial charge in [-0.3, -0.25) is 4.79 Å². The van der Waals surface area contributed by atoms with Gasteiger partial charge in [-0.1, -0.05) is 30.3 Å². The first-order valence-electron chi connectivity index (χ1n) is 7.65. The monoisotopic (exact) mass is 432 g/mol. The molecule has 0 unspecified atom stereocenters. The Kier molecular flexibility index (Phi) is 8.93. The van der Waals surface area contributed by atoms with E-state index in [2.05, 4.69) is 4.99 Å². The minimum Gasteiger partial charge on any atom is -0.378 e. The Hall–Kier alpha value is -1.35. The first-order chi connectivity index (χ1) is 10.7. The maximum atomic E-state index is 12.3. The number of nitrogens with zero attached hydrogens (tertiary/aromatic N) is 3. The first-order valence-corrected chi connectivity index (χ1v) is 7.65. The Morgan fingerprint density at radius 1 is 1.30 bits per heavy atom. The number of carbonyl (C=O) groups excluding carboxylic acids is 1. The lowest BCUT2D eigenvalue weighted by Gasteiger charge is -2.27. The molecule has 0 spiro atoms. The molecule has 0 atom stereocenters. The summed E-state index contributed by atoms with van der Waals surface area (Å²) in [5.74, 6) is 0.412. The van der Waals surface area contributed by atoms with Crippen molar-refractivity contribution in [3.8, 4) is 0 Å². The zero-order valence-electron chi connectivity index (χ0n) is 13.5. The molecule has 2 N–H and O–H groups in total. The van der Waals surface area contributed by atoms with Crippen LogP contribution in [0.25, 0.3) is 0 Å². The highest BCUT2D eigenvalue weighted by molar-refractivity contribution is 14.0. The summed E-state index contributed by atoms with van der Waals surface area (Å²) in [6, 6.07) is 9.95. The molecule has 6 nitrogen and oxygen atoms in total. The second-order valence-corrected chi connectivity index (χ2v) is 5.17. The number of guanidine groups is 1. The van der Waals surface area contributed by atoms with E-state index < -0.39 is 0 Å². The molecule has 1 saturated heterocycles. The number of carbonyl (C=O) groups is 1. The Morgan fingerprint density at radius 3 is 2.57 bits per heavy atom. The van der Waals surface area contributed by atoms with Crippen LogP contribution in [-0.4, -0.2) is 61.1 Å². The summed E-state index contributed by atoms with van der Waals surface area (Å²) >= 11 is 0. The van der Waals surface area contributed by atoms with Crippen molar-refractivity contribution >= 4 is 35.8 Å². The van der Waals surface area contributed by atoms with Crippen molar-refractivity contribution in [3.05, 3.63) is 35.9 Å². The minimum atomic E-state index is -0.0115. The van der Waals surface area contributed by atoms with Gasteiger partial charge in [0.2, 0.25) is 5.91 Å². The number of ether oxygens (including phenoxy) is 1. The van der Waals surface area contributed by atoms with Crippen LogP contribution in [0, 0.1) is 0 Å². The molecular formula is C16H25IN4O2. The molecule has 1 aliphatic rings. The van der Waals surface area contributed by atoms with Crippen LogP contribution in [0.1, 0.15) is 12.5 Å². The fraction of sp³-hybridized carbons (Fsp3) is 0.500. The fourth-order valence-electron chi connectivity index (χ4n) is 2.32. The van der Waals surface area contributed by atoms with Gasteiger partial charge in [0, 0.05) is 26.2 Å². The summed E-state index contributed by atoms with van der Waals surface area (Å²) < 4.78 is 5.27. The molecule has 1 fully saturated rings. The molecule has 1 aliphatic heterocycles. The number of aliphatic imine (C=N–C) groups is 1. The van der Waals surface area contributed by atoms with Gasteiger partial charge in [-0.15, -0.1) is 24.0 Å². The molecule has 0 saturated carbocycles. The zero-order chi connectivity index (χ0) is 15.8. The van der Waals surface area contributed by atoms with Gasteiger partial charge in [0.05, 0.1) is 13.2 Å². The molecule has 0 aliphatic carbocycles. The maximum absolute atomic E-state index is 12.3. The highest BCUT2D eigenvalue weighted by Crippen LogP contribution is 2.05. The number of hydrogen-bond acceptors (Lipinski definition) is 3. The third-order valence-electron chi connectivity index (χ3n) is 3.66. The van der Waals surface area contributed by atoms with E-state index in [1.807, 2.05) is 42.2 Å². The summed E-state index contributed by atoms with van der Waals surface area (Å²) in [4.78, 5) is 20.2. The highest BCUT2D eigenvalue weighted by atomic mass is 127. The van der Waals surface area contributed by atoms with Crippen molar-refractivity contribution in [2.45, 2.75) is 13.5 Å². The van der Waals surface area contributed by atoms with Crippen molar-refractivity contribution in [3.63, 3.8) is 0 Å². The lowest BCUT2D eigenvalue weighted by atomic mass is 10.2. The van der Waals surface area contributed by atoms with E-state index in [1.54, 1.807) is 4.90 Å². The third-order valence-corrected chi connectivity index (χ3v) is 3.66. The minimum absolute atomic E-state index is 0. The molecule has 1 aromatic carbocycles. The van der Waals surface area contributed by atoms with Crippen LogP contribution in [0.4, 0.5) is 0 Å². The summed E-state index contributed by atoms with van der Waals surface area (Å²) in [6.07, 6.45) is 0. The number of morpholine rings is 1. The quantitative estimate of drug-likeness (QED) is 0.433. The van der Waals surface area contributed by atoms with Gasteiger partial charge in [0.25, 0.3) is 0 Å². The largest absolute Gasteiger partial charge is 0.378 e. The van der Waals surface area contributed by atoms with Crippen molar-refractivity contribution < 1.29 is 9.53 Å². The Bertz CT molecular complexity index is 504. The molecule has 0 bridgehead atoms. The average Bonchev–Trinajstić information content (AvgIpc) is 2.59. The number of halogens is 1. The third kappa shape index (κ3) is 6.34. The van der Waals surface area contributed by atoms with E-state index in [0.29, 0.717) is 32.3 Å². The number of hydrogen-bond donors (Lipinski definition) is 1. The Balaban J connectivity index is 0.00000264. The van der Waals surface area contributed by atoms with Gasteiger partial charge in [-0.2, -0.15) is 0 Å². The van der Waals surface area contributed by atoms with Crippen LogP contribution < -0.4 is 5.73 Å². The van der Waals surface area contributed by atoms with Crippen LogP contribution >= 0.6 is 24.0 Å². The molecule has 1 amide bonds. The van der Waals surface area contributed by atoms with Crippen molar-refractivity contribution in [1.82, 2.24) is 9.80 Å². The number of amides is 1. The first kappa shape index (κ1) is 19.7. The van der Waals surface area contributed by atoms with Crippen LogP contribution in [0.3, 0.4) is 0 Å². The average molecular weight is 432 g/mol. The summed E-state index contributed by atoms with van der Waals surface area (Å²) in [7, 11) is 0. The van der Waals surface area contributed by atoms with Gasteiger partial charge >= 0.3 is 0 Å². The zero-order valence-corrected chi connectivity index (χ0v) is 15.8. The van der Waals surface area contributed by atoms with E-state index in [9.17, 15) is 4.79 Å². The van der Waals surface area contributed by atoms with Crippen molar-refractivity contribution in [1.29, 1.82) is 0 Å². The van der Waals surface area contributed by atoms with Gasteiger partial charge in [-0.25, -0.2) is 4.99 Å². The van der Waals surface area contributed by atoms with E-state index in [4.69, 9.17) is 10.5 Å². The van der Waals surface area contributed by atoms with Crippen molar-refractivity contribution in [2.75, 3.05) is 39.4 Å². The van der Waals surface area contributed by atoms with E-state index in [1.165, 1.54) is 0 Å². The van der Waals surface area contributed by atoms with E-state index >= 15 is 0 Å². The number of benzene rings is 1. The predicted octanol–water partition coefficient (Wildman–Crippen LogP) is 1.30. The molecule has 0 radical (unpaired) electrons. The van der Waals surface area contributed by atoms with Crippen LogP contribution in [0.5, 0.6) is 0 Å². The summed E-state index contributed by atoms with van der Waals surface area (Å²) in [5, 5.41) is 0. The molecular weight excluding hydrogens is 407 g/mol. The lowest BCUT2D eigenvalue weighted by Crippen LogP contribution is -2.45. The van der Waals surface area contributed by atoms with E-state index in [-0.39, 0.29) is 36.4 Å². The summed E-state index contributed by atoms with van der Waals surface area (Å²) in [5.41, 5.74) is 7.05. The maximum Gasteiger partial charge on any atom is 0.244 e. The van der Waals surface area contributed by atoms with Gasteiger partial charge < -0.3 is 20.3 Å². The Labute approximate surface area is 154 Å². The fourth-order valence-corrected chi connectivity index (χ4v) is 2.32. The smallest absolute Gasteiger partial charge is 0.244 e. The number of nitrogens with two attached hydrogens (primary N) is 1. The second-order valence-electron chi connectivity index (χ2n) is 5.17. The molecule has 2 rings (SSSR count). The van der Waals surface area contributed by atoms with Gasteiger partial charge in [0.15, 0.2) is 5.96 Å². The van der Waals surface area contributed by atoms with Gasteiger partial charge in [0.1, 0.15) is 6.54 Å². The standard InChI is InChI=1S/C16H24N4O2.HI/c1-2-19(13-14-6-4-3-5-7-14)15(21)12-18-16(17)20-8-10-22-11-9-20;/h3-7H,2,8-13H2,1H3,(H2,17,18);1H. The normalized spacial score (nSPS) is 15.0. The van der Waals surface area contributed by atoms with Crippen LogP contribution in [0.15, 0.2) is 35.3 Å². The van der Waals surface area contributed by atoms with Crippen LogP contribution in [-0.2, 0) is 16.1 Å². The molecule has 128 valence electrons. The highest BCUT2D eigenvalue weighted by Gasteiger charge is 2.15. The van der Waals surface area contributed by atoms with Crippen LogP contribution in [0.2, 0.25) is 0 Å². The number of likely N-dealkylation sites (N-methyl/N-ethyl adjacent to an activating group) is 1. The molecule has 1 heterocycles. The Morgan fingerprint density at radius 2 is 1.96 bits per heavy atom. The summed E-state index contributed by atoms with van der Waals surface area (Å²) in [6.45, 7) is 6.07. The molecule has 1 aromatic rings. The molecule has 0 aromatic heterocycles.